The second-order valence-corrected chi connectivity index (χ2v) is 4.81. The summed E-state index contributed by atoms with van der Waals surface area (Å²) in [5, 5.41) is 1.26. The van der Waals surface area contributed by atoms with Gasteiger partial charge in [-0.25, -0.2) is 0 Å². The zero-order chi connectivity index (χ0) is 12.7. The van der Waals surface area contributed by atoms with Crippen LogP contribution in [0, 0.1) is 0 Å². The third-order valence-electron chi connectivity index (χ3n) is 3.58. The second kappa shape index (κ2) is 4.02. The topological polar surface area (TPSA) is 15.9 Å². The maximum absolute atomic E-state index is 4.44. The predicted octanol–water partition coefficient (Wildman–Crippen LogP) is 3.51. The van der Waals surface area contributed by atoms with Crippen molar-refractivity contribution >= 4 is 22.8 Å². The summed E-state index contributed by atoms with van der Waals surface area (Å²) in [6.45, 7) is 0.897. The Morgan fingerprint density at radius 2 is 1.79 bits per heavy atom. The smallest absolute Gasteiger partial charge is 0.215 e. The summed E-state index contributed by atoms with van der Waals surface area (Å²) in [6, 6.07) is 18.9. The Morgan fingerprint density at radius 3 is 2.68 bits per heavy atom. The van der Waals surface area contributed by atoms with Crippen LogP contribution in [0.15, 0.2) is 60.8 Å². The molecule has 0 aliphatic carbocycles. The van der Waals surface area contributed by atoms with E-state index in [1.807, 2.05) is 6.20 Å². The summed E-state index contributed by atoms with van der Waals surface area (Å²) in [5.41, 5.74) is 4.90. The van der Waals surface area contributed by atoms with E-state index >= 15 is 0 Å². The second-order valence-electron chi connectivity index (χ2n) is 4.81. The van der Waals surface area contributed by atoms with E-state index in [2.05, 4.69) is 70.4 Å². The van der Waals surface area contributed by atoms with E-state index < -0.39 is 0 Å². The Hall–Kier alpha value is -2.48. The predicted molar refractivity (Wildman–Crippen MR) is 77.0 cm³/mol. The number of hydrogen-bond donors (Lipinski definition) is 0. The number of rotatable bonds is 2. The van der Waals surface area contributed by atoms with Gasteiger partial charge in [-0.1, -0.05) is 36.4 Å². The van der Waals surface area contributed by atoms with E-state index in [0.29, 0.717) is 0 Å². The van der Waals surface area contributed by atoms with Crippen molar-refractivity contribution in [1.29, 1.82) is 0 Å². The third kappa shape index (κ3) is 1.65. The van der Waals surface area contributed by atoms with Gasteiger partial charge in [0.05, 0.1) is 16.5 Å². The summed E-state index contributed by atoms with van der Waals surface area (Å²) < 4.78 is 2.30. The van der Waals surface area contributed by atoms with Crippen molar-refractivity contribution < 1.29 is 4.58 Å². The molecule has 0 atom stereocenters. The van der Waals surface area contributed by atoms with Crippen LogP contribution in [0.2, 0.25) is 0 Å². The summed E-state index contributed by atoms with van der Waals surface area (Å²) in [7, 11) is 0. The normalized spacial score (nSPS) is 12.7. The molecule has 2 heteroatoms. The Kier molecular flexibility index (Phi) is 2.21. The Balaban J connectivity index is 1.84. The Labute approximate surface area is 111 Å². The zero-order valence-electron chi connectivity index (χ0n) is 10.5. The summed E-state index contributed by atoms with van der Waals surface area (Å²) in [4.78, 5) is 4.44. The standard InChI is InChI=1S/C17H13N2/c1-2-5-13(6-3-1)11-19-12-14-9-10-18-15-7-4-8-16(19)17(14)15/h1-10,12H,11H2/q+1. The lowest BCUT2D eigenvalue weighted by Crippen LogP contribution is -2.03. The van der Waals surface area contributed by atoms with E-state index in [1.54, 1.807) is 0 Å². The first-order valence-electron chi connectivity index (χ1n) is 6.45. The van der Waals surface area contributed by atoms with Gasteiger partial charge in [-0.05, 0) is 12.1 Å². The first kappa shape index (κ1) is 10.4. The minimum atomic E-state index is 0.897. The van der Waals surface area contributed by atoms with Gasteiger partial charge in [0.1, 0.15) is 0 Å². The largest absolute Gasteiger partial charge is 0.256 e. The minimum Gasteiger partial charge on any atom is -0.256 e. The molecule has 0 radical (unpaired) electrons. The lowest BCUT2D eigenvalue weighted by molar-refractivity contribution is -0.448. The van der Waals surface area contributed by atoms with E-state index in [-0.39, 0.29) is 0 Å². The van der Waals surface area contributed by atoms with Gasteiger partial charge in [0.15, 0.2) is 12.8 Å². The quantitative estimate of drug-likeness (QED) is 0.631. The molecule has 4 rings (SSSR count). The number of nitrogens with zero attached hydrogens (tertiary/aromatic N) is 2. The van der Waals surface area contributed by atoms with Gasteiger partial charge in [0.25, 0.3) is 0 Å². The van der Waals surface area contributed by atoms with Crippen molar-refractivity contribution in [2.75, 3.05) is 0 Å². The average molecular weight is 245 g/mol. The fourth-order valence-electron chi connectivity index (χ4n) is 2.71. The highest BCUT2D eigenvalue weighted by Crippen LogP contribution is 2.32. The molecule has 0 N–H and O–H groups in total. The lowest BCUT2D eigenvalue weighted by atomic mass is 10.1. The molecule has 0 amide bonds. The number of pyridine rings is 1. The van der Waals surface area contributed by atoms with Crippen LogP contribution in [-0.2, 0) is 6.54 Å². The van der Waals surface area contributed by atoms with E-state index in [1.165, 1.54) is 22.2 Å². The van der Waals surface area contributed by atoms with Crippen LogP contribution < -0.4 is 0 Å². The van der Waals surface area contributed by atoms with Crippen LogP contribution in [0.1, 0.15) is 11.1 Å². The SMILES string of the molecule is C1=[N+](Cc2ccccc2)c2cccc3nccc1c23. The molecule has 19 heavy (non-hydrogen) atoms. The van der Waals surface area contributed by atoms with Gasteiger partial charge < -0.3 is 0 Å². The van der Waals surface area contributed by atoms with Crippen LogP contribution >= 0.6 is 0 Å². The van der Waals surface area contributed by atoms with Crippen LogP contribution in [-0.4, -0.2) is 15.8 Å². The van der Waals surface area contributed by atoms with Gasteiger partial charge in [0.2, 0.25) is 5.69 Å². The molecule has 0 spiro atoms. The van der Waals surface area contributed by atoms with Crippen molar-refractivity contribution in [1.82, 2.24) is 4.98 Å². The van der Waals surface area contributed by atoms with E-state index in [0.717, 1.165) is 12.1 Å². The van der Waals surface area contributed by atoms with Gasteiger partial charge in [-0.2, -0.15) is 4.58 Å². The fourth-order valence-corrected chi connectivity index (χ4v) is 2.71. The molecule has 1 aliphatic rings. The Morgan fingerprint density at radius 1 is 0.895 bits per heavy atom. The molecule has 0 bridgehead atoms. The molecular formula is C17H13N2+. The van der Waals surface area contributed by atoms with E-state index in [4.69, 9.17) is 0 Å². The number of aromatic nitrogens is 1. The van der Waals surface area contributed by atoms with Crippen LogP contribution in [0.25, 0.3) is 10.9 Å². The van der Waals surface area contributed by atoms with Crippen molar-refractivity contribution in [3.05, 3.63) is 71.9 Å². The van der Waals surface area contributed by atoms with Gasteiger partial charge in [-0.15, -0.1) is 0 Å². The molecule has 3 aromatic rings. The first-order valence-corrected chi connectivity index (χ1v) is 6.45. The van der Waals surface area contributed by atoms with Gasteiger partial charge >= 0.3 is 0 Å². The van der Waals surface area contributed by atoms with Crippen molar-refractivity contribution in [3.63, 3.8) is 0 Å². The number of benzene rings is 2. The highest BCUT2D eigenvalue weighted by molar-refractivity contribution is 6.05. The Bertz CT molecular complexity index is 783. The van der Waals surface area contributed by atoms with Crippen molar-refractivity contribution in [2.24, 2.45) is 0 Å². The molecule has 0 unspecified atom stereocenters. The van der Waals surface area contributed by atoms with E-state index in [9.17, 15) is 0 Å². The monoisotopic (exact) mass is 245 g/mol. The maximum Gasteiger partial charge on any atom is 0.215 e. The van der Waals surface area contributed by atoms with Gasteiger partial charge in [-0.3, -0.25) is 4.98 Å². The highest BCUT2D eigenvalue weighted by atomic mass is 15.0. The lowest BCUT2D eigenvalue weighted by Gasteiger charge is -2.00. The third-order valence-corrected chi connectivity index (χ3v) is 3.58. The van der Waals surface area contributed by atoms with Crippen LogP contribution in [0.4, 0.5) is 5.69 Å². The van der Waals surface area contributed by atoms with Crippen LogP contribution in [0.5, 0.6) is 0 Å². The van der Waals surface area contributed by atoms with Crippen molar-refractivity contribution in [2.45, 2.75) is 6.54 Å². The van der Waals surface area contributed by atoms with Crippen LogP contribution in [0.3, 0.4) is 0 Å². The zero-order valence-corrected chi connectivity index (χ0v) is 10.5. The molecule has 0 saturated carbocycles. The first-order chi connectivity index (χ1) is 9.42. The summed E-state index contributed by atoms with van der Waals surface area (Å²) in [6.07, 6.45) is 4.09. The summed E-state index contributed by atoms with van der Waals surface area (Å²) in [5.74, 6) is 0. The van der Waals surface area contributed by atoms with Crippen molar-refractivity contribution in [3.8, 4) is 0 Å². The molecule has 1 aromatic heterocycles. The molecule has 2 nitrogen and oxygen atoms in total. The molecule has 0 saturated heterocycles. The minimum absolute atomic E-state index is 0.897. The van der Waals surface area contributed by atoms with Gasteiger partial charge in [0, 0.05) is 17.8 Å². The fraction of sp³-hybridized carbons (Fsp3) is 0.0588. The molecule has 1 aliphatic heterocycles. The molecule has 2 aromatic carbocycles. The molecular weight excluding hydrogens is 232 g/mol. The number of hydrogen-bond acceptors (Lipinski definition) is 1. The summed E-state index contributed by atoms with van der Waals surface area (Å²) >= 11 is 0. The maximum atomic E-state index is 4.44. The molecule has 0 fully saturated rings. The average Bonchev–Trinajstić information content (AvgIpc) is 2.81. The molecule has 2 heterocycles. The molecule has 90 valence electrons. The highest BCUT2D eigenvalue weighted by Gasteiger charge is 2.23.